The largest absolute Gasteiger partial charge is 0.342 e. The first-order valence-corrected chi connectivity index (χ1v) is 9.33. The van der Waals surface area contributed by atoms with Gasteiger partial charge in [-0.05, 0) is 32.6 Å². The second kappa shape index (κ2) is 6.19. The van der Waals surface area contributed by atoms with Crippen LogP contribution in [-0.4, -0.2) is 58.3 Å². The SMILES string of the molecule is CC1SCCN(C(=O)C2CCCN(C(=O)C3CC3)C2)C1C. The summed E-state index contributed by atoms with van der Waals surface area (Å²) in [4.78, 5) is 29.1. The maximum absolute atomic E-state index is 12.8. The van der Waals surface area contributed by atoms with E-state index in [0.717, 1.165) is 44.5 Å². The van der Waals surface area contributed by atoms with E-state index in [0.29, 0.717) is 23.7 Å². The molecule has 2 heterocycles. The summed E-state index contributed by atoms with van der Waals surface area (Å²) in [5.41, 5.74) is 0. The van der Waals surface area contributed by atoms with Crippen molar-refractivity contribution in [3.05, 3.63) is 0 Å². The van der Waals surface area contributed by atoms with Crippen LogP contribution in [0.25, 0.3) is 0 Å². The second-order valence-corrected chi connectivity index (χ2v) is 8.23. The number of rotatable bonds is 2. The summed E-state index contributed by atoms with van der Waals surface area (Å²) in [6, 6.07) is 0.311. The molecule has 3 fully saturated rings. The van der Waals surface area contributed by atoms with Crippen molar-refractivity contribution in [2.75, 3.05) is 25.4 Å². The number of piperidine rings is 1. The van der Waals surface area contributed by atoms with Crippen LogP contribution in [-0.2, 0) is 9.59 Å². The molecule has 0 radical (unpaired) electrons. The van der Waals surface area contributed by atoms with Crippen LogP contribution in [0.2, 0.25) is 0 Å². The molecule has 1 saturated carbocycles. The highest BCUT2D eigenvalue weighted by atomic mass is 32.2. The molecule has 0 aromatic carbocycles. The quantitative estimate of drug-likeness (QED) is 0.783. The van der Waals surface area contributed by atoms with Gasteiger partial charge in [-0.3, -0.25) is 9.59 Å². The van der Waals surface area contributed by atoms with Gasteiger partial charge in [0.25, 0.3) is 0 Å². The van der Waals surface area contributed by atoms with Crippen molar-refractivity contribution >= 4 is 23.6 Å². The summed E-state index contributed by atoms with van der Waals surface area (Å²) in [7, 11) is 0. The Kier molecular flexibility index (Phi) is 4.48. The molecule has 2 amide bonds. The summed E-state index contributed by atoms with van der Waals surface area (Å²) in [5.74, 6) is 1.91. The van der Waals surface area contributed by atoms with Crippen LogP contribution >= 0.6 is 11.8 Å². The monoisotopic (exact) mass is 310 g/mol. The Morgan fingerprint density at radius 2 is 1.76 bits per heavy atom. The summed E-state index contributed by atoms with van der Waals surface area (Å²) >= 11 is 1.95. The van der Waals surface area contributed by atoms with Gasteiger partial charge in [0.05, 0.1) is 5.92 Å². The smallest absolute Gasteiger partial charge is 0.227 e. The number of amides is 2. The van der Waals surface area contributed by atoms with Crippen LogP contribution in [0, 0.1) is 11.8 Å². The minimum absolute atomic E-state index is 0.0270. The molecule has 0 bridgehead atoms. The number of carbonyl (C=O) groups excluding carboxylic acids is 2. The van der Waals surface area contributed by atoms with E-state index in [4.69, 9.17) is 0 Å². The molecular weight excluding hydrogens is 284 g/mol. The number of nitrogens with zero attached hydrogens (tertiary/aromatic N) is 2. The van der Waals surface area contributed by atoms with Crippen molar-refractivity contribution in [1.29, 1.82) is 0 Å². The molecule has 3 aliphatic rings. The molecule has 3 rings (SSSR count). The number of hydrogen-bond donors (Lipinski definition) is 0. The molecule has 0 N–H and O–H groups in total. The molecule has 4 nitrogen and oxygen atoms in total. The molecule has 1 aliphatic carbocycles. The molecule has 5 heteroatoms. The highest BCUT2D eigenvalue weighted by Crippen LogP contribution is 2.33. The van der Waals surface area contributed by atoms with Crippen molar-refractivity contribution in [2.24, 2.45) is 11.8 Å². The predicted molar refractivity (Wildman–Crippen MR) is 85.1 cm³/mol. The van der Waals surface area contributed by atoms with Gasteiger partial charge in [-0.2, -0.15) is 11.8 Å². The van der Waals surface area contributed by atoms with Gasteiger partial charge in [-0.25, -0.2) is 0 Å². The Hall–Kier alpha value is -0.710. The van der Waals surface area contributed by atoms with Crippen molar-refractivity contribution in [3.63, 3.8) is 0 Å². The van der Waals surface area contributed by atoms with Crippen LogP contribution in [0.3, 0.4) is 0 Å². The van der Waals surface area contributed by atoms with Crippen LogP contribution in [0.4, 0.5) is 0 Å². The van der Waals surface area contributed by atoms with Gasteiger partial charge in [0.1, 0.15) is 0 Å². The maximum atomic E-state index is 12.8. The maximum Gasteiger partial charge on any atom is 0.227 e. The van der Waals surface area contributed by atoms with Crippen molar-refractivity contribution in [1.82, 2.24) is 9.80 Å². The highest BCUT2D eigenvalue weighted by molar-refractivity contribution is 8.00. The fourth-order valence-electron chi connectivity index (χ4n) is 3.45. The third-order valence-electron chi connectivity index (χ3n) is 5.18. The van der Waals surface area contributed by atoms with Crippen molar-refractivity contribution in [3.8, 4) is 0 Å². The molecular formula is C16H26N2O2S. The first-order chi connectivity index (χ1) is 10.1. The van der Waals surface area contributed by atoms with E-state index in [2.05, 4.69) is 18.7 Å². The van der Waals surface area contributed by atoms with Gasteiger partial charge in [0.2, 0.25) is 11.8 Å². The molecule has 3 unspecified atom stereocenters. The number of hydrogen-bond acceptors (Lipinski definition) is 3. The fraction of sp³-hybridized carbons (Fsp3) is 0.875. The number of carbonyl (C=O) groups is 2. The Morgan fingerprint density at radius 1 is 1.00 bits per heavy atom. The first-order valence-electron chi connectivity index (χ1n) is 8.29. The van der Waals surface area contributed by atoms with Gasteiger partial charge in [0, 0.05) is 42.6 Å². The van der Waals surface area contributed by atoms with E-state index >= 15 is 0 Å². The van der Waals surface area contributed by atoms with E-state index in [9.17, 15) is 9.59 Å². The number of thioether (sulfide) groups is 1. The summed E-state index contributed by atoms with van der Waals surface area (Å²) in [6.07, 6.45) is 4.01. The highest BCUT2D eigenvalue weighted by Gasteiger charge is 2.39. The zero-order valence-corrected chi connectivity index (χ0v) is 13.9. The van der Waals surface area contributed by atoms with Crippen LogP contribution < -0.4 is 0 Å². The average Bonchev–Trinajstić information content (AvgIpc) is 3.33. The van der Waals surface area contributed by atoms with Crippen LogP contribution in [0.15, 0.2) is 0 Å². The van der Waals surface area contributed by atoms with Gasteiger partial charge in [0.15, 0.2) is 0 Å². The third-order valence-corrected chi connectivity index (χ3v) is 6.51. The Bertz CT molecular complexity index is 425. The minimum atomic E-state index is 0.0270. The third kappa shape index (κ3) is 3.22. The normalized spacial score (nSPS) is 33.9. The lowest BCUT2D eigenvalue weighted by Crippen LogP contribution is -2.53. The molecule has 3 atom stereocenters. The lowest BCUT2D eigenvalue weighted by Gasteiger charge is -2.41. The topological polar surface area (TPSA) is 40.6 Å². The molecule has 0 spiro atoms. The van der Waals surface area contributed by atoms with E-state index in [1.165, 1.54) is 0 Å². The van der Waals surface area contributed by atoms with Gasteiger partial charge >= 0.3 is 0 Å². The average molecular weight is 310 g/mol. The van der Waals surface area contributed by atoms with E-state index in [1.807, 2.05) is 16.7 Å². The van der Waals surface area contributed by atoms with Crippen LogP contribution in [0.5, 0.6) is 0 Å². The molecule has 2 aliphatic heterocycles. The Labute approximate surface area is 131 Å². The molecule has 0 aromatic heterocycles. The predicted octanol–water partition coefficient (Wildman–Crippen LogP) is 1.99. The van der Waals surface area contributed by atoms with E-state index in [-0.39, 0.29) is 17.7 Å². The van der Waals surface area contributed by atoms with Gasteiger partial charge in [-0.1, -0.05) is 6.92 Å². The number of likely N-dealkylation sites (tertiary alicyclic amines) is 1. The summed E-state index contributed by atoms with van der Waals surface area (Å²) in [5, 5.41) is 0.510. The fourth-order valence-corrected chi connectivity index (χ4v) is 4.55. The van der Waals surface area contributed by atoms with Gasteiger partial charge < -0.3 is 9.80 Å². The zero-order chi connectivity index (χ0) is 15.0. The second-order valence-electron chi connectivity index (χ2n) is 6.75. The summed E-state index contributed by atoms with van der Waals surface area (Å²) < 4.78 is 0. The zero-order valence-electron chi connectivity index (χ0n) is 13.1. The van der Waals surface area contributed by atoms with E-state index in [1.54, 1.807) is 0 Å². The minimum Gasteiger partial charge on any atom is -0.342 e. The molecule has 21 heavy (non-hydrogen) atoms. The van der Waals surface area contributed by atoms with Crippen LogP contribution in [0.1, 0.15) is 39.5 Å². The van der Waals surface area contributed by atoms with Crippen molar-refractivity contribution in [2.45, 2.75) is 50.8 Å². The molecule has 2 saturated heterocycles. The lowest BCUT2D eigenvalue weighted by atomic mass is 9.95. The Morgan fingerprint density at radius 3 is 2.48 bits per heavy atom. The summed E-state index contributed by atoms with van der Waals surface area (Å²) in [6.45, 7) is 6.73. The molecule has 118 valence electrons. The Balaban J connectivity index is 1.62. The molecule has 0 aromatic rings. The lowest BCUT2D eigenvalue weighted by molar-refractivity contribution is -0.142. The van der Waals surface area contributed by atoms with Crippen molar-refractivity contribution < 1.29 is 9.59 Å². The van der Waals surface area contributed by atoms with E-state index < -0.39 is 0 Å². The standard InChI is InChI=1S/C16H26N2O2S/c1-11-12(2)21-9-8-18(11)16(20)14-4-3-7-17(10-14)15(19)13-5-6-13/h11-14H,3-10H2,1-2H3. The van der Waals surface area contributed by atoms with Gasteiger partial charge in [-0.15, -0.1) is 0 Å². The first kappa shape index (κ1) is 15.2.